The van der Waals surface area contributed by atoms with Crippen LogP contribution in [-0.2, 0) is 22.6 Å². The van der Waals surface area contributed by atoms with Gasteiger partial charge in [-0.25, -0.2) is 0 Å². The number of H-pyrrole nitrogens is 1. The molecule has 1 aromatic heterocycles. The van der Waals surface area contributed by atoms with Crippen molar-refractivity contribution >= 4 is 16.9 Å². The second-order valence-corrected chi connectivity index (χ2v) is 5.68. The number of aryl methyl sites for hydroxylation is 1. The minimum Gasteiger partial charge on any atom is -0.461 e. The molecule has 0 fully saturated rings. The lowest BCUT2D eigenvalue weighted by molar-refractivity contribution is -0.145. The van der Waals surface area contributed by atoms with Crippen LogP contribution in [0, 0.1) is 11.3 Å². The number of hydrogen-bond donors (Lipinski definition) is 1. The van der Waals surface area contributed by atoms with E-state index in [9.17, 15) is 4.79 Å². The van der Waals surface area contributed by atoms with Gasteiger partial charge in [-0.15, -0.1) is 0 Å². The number of benzene rings is 2. The predicted octanol–water partition coefficient (Wildman–Crippen LogP) is 4.11. The molecule has 1 N–H and O–H groups in total. The summed E-state index contributed by atoms with van der Waals surface area (Å²) in [5.74, 6) is -0.195. The lowest BCUT2D eigenvalue weighted by atomic mass is 10.1. The fourth-order valence-corrected chi connectivity index (χ4v) is 2.67. The van der Waals surface area contributed by atoms with Gasteiger partial charge in [0.2, 0.25) is 0 Å². The summed E-state index contributed by atoms with van der Waals surface area (Å²) in [7, 11) is 0. The van der Waals surface area contributed by atoms with Crippen LogP contribution in [0.4, 0.5) is 0 Å². The molecule has 1 heterocycles. The third kappa shape index (κ3) is 3.82. The van der Waals surface area contributed by atoms with E-state index in [-0.39, 0.29) is 12.6 Å². The van der Waals surface area contributed by atoms with Crippen molar-refractivity contribution in [3.8, 4) is 6.07 Å². The van der Waals surface area contributed by atoms with Crippen molar-refractivity contribution in [3.63, 3.8) is 0 Å². The molecule has 0 amide bonds. The van der Waals surface area contributed by atoms with Gasteiger partial charge in [-0.3, -0.25) is 4.79 Å². The zero-order valence-electron chi connectivity index (χ0n) is 13.3. The van der Waals surface area contributed by atoms with E-state index in [0.29, 0.717) is 12.0 Å². The lowest BCUT2D eigenvalue weighted by Gasteiger charge is -2.05. The van der Waals surface area contributed by atoms with Crippen molar-refractivity contribution in [3.05, 3.63) is 71.4 Å². The van der Waals surface area contributed by atoms with Gasteiger partial charge < -0.3 is 9.72 Å². The van der Waals surface area contributed by atoms with E-state index in [1.165, 1.54) is 10.9 Å². The highest BCUT2D eigenvalue weighted by Crippen LogP contribution is 2.19. The second-order valence-electron chi connectivity index (χ2n) is 5.68. The largest absolute Gasteiger partial charge is 0.461 e. The monoisotopic (exact) mass is 318 g/mol. The van der Waals surface area contributed by atoms with Crippen LogP contribution in [0.3, 0.4) is 0 Å². The zero-order valence-corrected chi connectivity index (χ0v) is 13.3. The Labute approximate surface area is 140 Å². The van der Waals surface area contributed by atoms with Crippen molar-refractivity contribution < 1.29 is 9.53 Å². The molecule has 2 aromatic carbocycles. The van der Waals surface area contributed by atoms with Crippen molar-refractivity contribution in [2.45, 2.75) is 25.9 Å². The van der Waals surface area contributed by atoms with Gasteiger partial charge in [0.15, 0.2) is 0 Å². The third-order valence-corrected chi connectivity index (χ3v) is 3.98. The van der Waals surface area contributed by atoms with E-state index in [0.717, 1.165) is 23.9 Å². The van der Waals surface area contributed by atoms with Crippen LogP contribution in [0.2, 0.25) is 0 Å². The fraction of sp³-hybridized carbons (Fsp3) is 0.200. The highest BCUT2D eigenvalue weighted by atomic mass is 16.5. The second kappa shape index (κ2) is 7.47. The normalized spacial score (nSPS) is 10.5. The maximum atomic E-state index is 11.8. The molecule has 0 unspecified atom stereocenters. The minimum absolute atomic E-state index is 0.195. The van der Waals surface area contributed by atoms with Gasteiger partial charge in [-0.2, -0.15) is 5.26 Å². The predicted molar refractivity (Wildman–Crippen MR) is 92.2 cm³/mol. The SMILES string of the molecule is N#Cc1ccc(COC(=O)CCCc2c[nH]c3ccccc23)cc1. The molecular formula is C20H18N2O2. The molecule has 0 saturated carbocycles. The van der Waals surface area contributed by atoms with E-state index < -0.39 is 0 Å². The summed E-state index contributed by atoms with van der Waals surface area (Å²) in [6.45, 7) is 0.248. The summed E-state index contributed by atoms with van der Waals surface area (Å²) in [6, 6.07) is 17.3. The Bertz CT molecular complexity index is 873. The molecule has 4 nitrogen and oxygen atoms in total. The molecule has 0 saturated heterocycles. The first-order chi connectivity index (χ1) is 11.8. The zero-order chi connectivity index (χ0) is 16.8. The van der Waals surface area contributed by atoms with E-state index in [1.54, 1.807) is 24.3 Å². The molecule has 0 bridgehead atoms. The molecule has 120 valence electrons. The number of nitrogens with one attached hydrogen (secondary N) is 1. The standard InChI is InChI=1S/C20H18N2O2/c21-12-15-8-10-16(11-9-15)14-24-20(23)7-3-4-17-13-22-19-6-2-1-5-18(17)19/h1-2,5-6,8-11,13,22H,3-4,7,14H2. The molecule has 0 aliphatic heterocycles. The van der Waals surface area contributed by atoms with Crippen molar-refractivity contribution in [1.82, 2.24) is 4.98 Å². The Morgan fingerprint density at radius 1 is 1.12 bits per heavy atom. The van der Waals surface area contributed by atoms with Crippen LogP contribution in [0.25, 0.3) is 10.9 Å². The highest BCUT2D eigenvalue weighted by Gasteiger charge is 2.07. The van der Waals surface area contributed by atoms with Crippen LogP contribution in [0.15, 0.2) is 54.7 Å². The van der Waals surface area contributed by atoms with E-state index >= 15 is 0 Å². The molecule has 0 aliphatic rings. The average molecular weight is 318 g/mol. The molecule has 0 atom stereocenters. The minimum atomic E-state index is -0.195. The number of aromatic amines is 1. The summed E-state index contributed by atoms with van der Waals surface area (Å²) in [5.41, 5.74) is 3.84. The van der Waals surface area contributed by atoms with Crippen LogP contribution >= 0.6 is 0 Å². The Morgan fingerprint density at radius 3 is 2.71 bits per heavy atom. The first-order valence-corrected chi connectivity index (χ1v) is 7.96. The molecule has 0 radical (unpaired) electrons. The van der Waals surface area contributed by atoms with Crippen LogP contribution < -0.4 is 0 Å². The quantitative estimate of drug-likeness (QED) is 0.696. The van der Waals surface area contributed by atoms with Gasteiger partial charge in [0.1, 0.15) is 6.61 Å². The molecule has 3 rings (SSSR count). The van der Waals surface area contributed by atoms with Gasteiger partial charge in [0.05, 0.1) is 11.6 Å². The van der Waals surface area contributed by atoms with Gasteiger partial charge in [-0.05, 0) is 42.2 Å². The number of esters is 1. The number of hydrogen-bond acceptors (Lipinski definition) is 3. The Balaban J connectivity index is 1.45. The molecule has 3 aromatic rings. The first-order valence-electron chi connectivity index (χ1n) is 7.96. The molecular weight excluding hydrogens is 300 g/mol. The van der Waals surface area contributed by atoms with E-state index in [4.69, 9.17) is 10.00 Å². The number of ether oxygens (including phenoxy) is 1. The topological polar surface area (TPSA) is 65.9 Å². The summed E-state index contributed by atoms with van der Waals surface area (Å²) in [6.07, 6.45) is 4.01. The Hall–Kier alpha value is -3.06. The first kappa shape index (κ1) is 15.8. The molecule has 0 aliphatic carbocycles. The smallest absolute Gasteiger partial charge is 0.306 e. The van der Waals surface area contributed by atoms with Gasteiger partial charge in [0.25, 0.3) is 0 Å². The van der Waals surface area contributed by atoms with Crippen LogP contribution in [0.1, 0.15) is 29.5 Å². The maximum Gasteiger partial charge on any atom is 0.306 e. The Kier molecular flexibility index (Phi) is 4.93. The van der Waals surface area contributed by atoms with Gasteiger partial charge >= 0.3 is 5.97 Å². The number of carbonyl (C=O) groups is 1. The van der Waals surface area contributed by atoms with E-state index in [2.05, 4.69) is 17.1 Å². The van der Waals surface area contributed by atoms with Gasteiger partial charge in [-0.1, -0.05) is 30.3 Å². The molecule has 0 spiro atoms. The van der Waals surface area contributed by atoms with Crippen LogP contribution in [-0.4, -0.2) is 11.0 Å². The Morgan fingerprint density at radius 2 is 1.92 bits per heavy atom. The van der Waals surface area contributed by atoms with Gasteiger partial charge in [0, 0.05) is 23.5 Å². The number of fused-ring (bicyclic) bond motifs is 1. The van der Waals surface area contributed by atoms with E-state index in [1.807, 2.05) is 24.4 Å². The highest BCUT2D eigenvalue weighted by molar-refractivity contribution is 5.83. The average Bonchev–Trinajstić information content (AvgIpc) is 3.04. The third-order valence-electron chi connectivity index (χ3n) is 3.98. The summed E-state index contributed by atoms with van der Waals surface area (Å²) in [5, 5.41) is 9.96. The summed E-state index contributed by atoms with van der Waals surface area (Å²) >= 11 is 0. The number of aromatic nitrogens is 1. The van der Waals surface area contributed by atoms with Crippen LogP contribution in [0.5, 0.6) is 0 Å². The number of nitriles is 1. The number of carbonyl (C=O) groups excluding carboxylic acids is 1. The van der Waals surface area contributed by atoms with Crippen molar-refractivity contribution in [1.29, 1.82) is 5.26 Å². The summed E-state index contributed by atoms with van der Waals surface area (Å²) < 4.78 is 5.28. The lowest BCUT2D eigenvalue weighted by Crippen LogP contribution is -2.05. The summed E-state index contributed by atoms with van der Waals surface area (Å²) in [4.78, 5) is 15.1. The van der Waals surface area contributed by atoms with Crippen molar-refractivity contribution in [2.75, 3.05) is 0 Å². The fourth-order valence-electron chi connectivity index (χ4n) is 2.67. The maximum absolute atomic E-state index is 11.8. The number of nitrogens with zero attached hydrogens (tertiary/aromatic N) is 1. The number of para-hydroxylation sites is 1. The molecule has 24 heavy (non-hydrogen) atoms. The number of rotatable bonds is 6. The van der Waals surface area contributed by atoms with Crippen molar-refractivity contribution in [2.24, 2.45) is 0 Å². The molecule has 4 heteroatoms.